The zero-order valence-corrected chi connectivity index (χ0v) is 14.2. The molecule has 1 N–H and O–H groups in total. The van der Waals surface area contributed by atoms with Gasteiger partial charge in [-0.25, -0.2) is 4.98 Å². The molecule has 0 aliphatic carbocycles. The van der Waals surface area contributed by atoms with Crippen molar-refractivity contribution >= 4 is 5.88 Å². The molecular weight excluding hydrogens is 333 g/mol. The van der Waals surface area contributed by atoms with E-state index in [9.17, 15) is 13.2 Å². The van der Waals surface area contributed by atoms with Gasteiger partial charge in [0.1, 0.15) is 6.07 Å². The van der Waals surface area contributed by atoms with E-state index in [0.29, 0.717) is 18.9 Å². The number of anilines is 1. The van der Waals surface area contributed by atoms with Crippen LogP contribution in [0.1, 0.15) is 35.7 Å². The Morgan fingerprint density at radius 2 is 1.92 bits per heavy atom. The molecule has 1 aromatic heterocycles. The summed E-state index contributed by atoms with van der Waals surface area (Å²) in [7, 11) is 3.65. The van der Waals surface area contributed by atoms with Gasteiger partial charge in [0.15, 0.2) is 5.89 Å². The van der Waals surface area contributed by atoms with Gasteiger partial charge in [-0.3, -0.25) is 0 Å². The summed E-state index contributed by atoms with van der Waals surface area (Å²) in [6.45, 7) is 2.22. The molecule has 1 atom stereocenters. The highest BCUT2D eigenvalue weighted by molar-refractivity contribution is 5.45. The molecule has 0 aliphatic rings. The fourth-order valence-corrected chi connectivity index (χ4v) is 2.39. The highest BCUT2D eigenvalue weighted by Gasteiger charge is 2.30. The van der Waals surface area contributed by atoms with Gasteiger partial charge in [0.25, 0.3) is 0 Å². The first kappa shape index (κ1) is 18.8. The molecule has 2 rings (SSSR count). The maximum Gasteiger partial charge on any atom is 0.416 e. The summed E-state index contributed by atoms with van der Waals surface area (Å²) >= 11 is 0. The third-order valence-corrected chi connectivity index (χ3v) is 3.78. The molecule has 0 amide bonds. The molecule has 1 aromatic carbocycles. The monoisotopic (exact) mass is 352 g/mol. The van der Waals surface area contributed by atoms with Crippen LogP contribution in [0, 0.1) is 11.3 Å². The molecule has 25 heavy (non-hydrogen) atoms. The number of aryl methyl sites for hydroxylation is 1. The third-order valence-electron chi connectivity index (χ3n) is 3.78. The van der Waals surface area contributed by atoms with Gasteiger partial charge in [-0.15, -0.1) is 0 Å². The van der Waals surface area contributed by atoms with E-state index in [0.717, 1.165) is 17.7 Å². The SMILES string of the molecule is CCc1nc(C#N)c(NC[C@H](c2ccc(C(F)(F)F)cc2)N(C)C)o1. The Bertz CT molecular complexity index is 745. The third kappa shape index (κ3) is 4.51. The minimum absolute atomic E-state index is 0.168. The summed E-state index contributed by atoms with van der Waals surface area (Å²) in [5.74, 6) is 0.730. The Labute approximate surface area is 144 Å². The molecule has 8 heteroatoms. The van der Waals surface area contributed by atoms with Crippen LogP contribution in [-0.2, 0) is 12.6 Å². The van der Waals surface area contributed by atoms with Crippen molar-refractivity contribution in [3.63, 3.8) is 0 Å². The highest BCUT2D eigenvalue weighted by Crippen LogP contribution is 2.30. The number of alkyl halides is 3. The number of nitriles is 1. The van der Waals surface area contributed by atoms with Crippen molar-refractivity contribution < 1.29 is 17.6 Å². The summed E-state index contributed by atoms with van der Waals surface area (Å²) < 4.78 is 43.6. The van der Waals surface area contributed by atoms with Crippen molar-refractivity contribution in [1.29, 1.82) is 5.26 Å². The van der Waals surface area contributed by atoms with Crippen molar-refractivity contribution in [3.05, 3.63) is 47.0 Å². The number of oxazole rings is 1. The average molecular weight is 352 g/mol. The lowest BCUT2D eigenvalue weighted by atomic mass is 10.0. The van der Waals surface area contributed by atoms with E-state index in [4.69, 9.17) is 9.68 Å². The van der Waals surface area contributed by atoms with E-state index < -0.39 is 11.7 Å². The molecule has 2 aromatic rings. The van der Waals surface area contributed by atoms with Crippen molar-refractivity contribution in [2.24, 2.45) is 0 Å². The largest absolute Gasteiger partial charge is 0.424 e. The van der Waals surface area contributed by atoms with Crippen LogP contribution in [-0.4, -0.2) is 30.5 Å². The topological polar surface area (TPSA) is 65.1 Å². The van der Waals surface area contributed by atoms with Crippen molar-refractivity contribution in [2.75, 3.05) is 26.0 Å². The second-order valence-corrected chi connectivity index (χ2v) is 5.73. The molecule has 0 spiro atoms. The van der Waals surface area contributed by atoms with Crippen LogP contribution in [0.2, 0.25) is 0 Å². The number of nitrogens with one attached hydrogen (secondary N) is 1. The standard InChI is InChI=1S/C17H19F3N4O/c1-4-15-23-13(9-21)16(25-15)22-10-14(24(2)3)11-5-7-12(8-6-11)17(18,19)20/h5-8,14,22H,4,10H2,1-3H3/t14-/m1/s1. The normalized spacial score (nSPS) is 12.9. The predicted octanol–water partition coefficient (Wildman–Crippen LogP) is 3.84. The van der Waals surface area contributed by atoms with E-state index in [2.05, 4.69) is 10.3 Å². The number of aromatic nitrogens is 1. The summed E-state index contributed by atoms with van der Waals surface area (Å²) in [5.41, 5.74) is 0.206. The maximum atomic E-state index is 12.7. The molecule has 0 saturated carbocycles. The lowest BCUT2D eigenvalue weighted by Gasteiger charge is -2.25. The summed E-state index contributed by atoms with van der Waals surface area (Å²) in [4.78, 5) is 5.93. The zero-order chi connectivity index (χ0) is 18.6. The summed E-state index contributed by atoms with van der Waals surface area (Å²) in [6.07, 6.45) is -3.80. The van der Waals surface area contributed by atoms with Crippen LogP contribution in [0.5, 0.6) is 0 Å². The zero-order valence-electron chi connectivity index (χ0n) is 14.2. The number of hydrogen-bond donors (Lipinski definition) is 1. The maximum absolute atomic E-state index is 12.7. The minimum atomic E-state index is -4.36. The Kier molecular flexibility index (Phi) is 5.69. The second-order valence-electron chi connectivity index (χ2n) is 5.73. The number of benzene rings is 1. The average Bonchev–Trinajstić information content (AvgIpc) is 2.97. The van der Waals surface area contributed by atoms with Gasteiger partial charge in [-0.1, -0.05) is 19.1 Å². The van der Waals surface area contributed by atoms with Crippen molar-refractivity contribution in [3.8, 4) is 6.07 Å². The lowest BCUT2D eigenvalue weighted by Crippen LogP contribution is -2.27. The highest BCUT2D eigenvalue weighted by atomic mass is 19.4. The van der Waals surface area contributed by atoms with E-state index in [-0.39, 0.29) is 17.6 Å². The van der Waals surface area contributed by atoms with Crippen LogP contribution in [0.15, 0.2) is 28.7 Å². The number of likely N-dealkylation sites (N-methyl/N-ethyl adjacent to an activating group) is 1. The van der Waals surface area contributed by atoms with Gasteiger partial charge in [0.2, 0.25) is 11.6 Å². The fourth-order valence-electron chi connectivity index (χ4n) is 2.39. The minimum Gasteiger partial charge on any atom is -0.424 e. The lowest BCUT2D eigenvalue weighted by molar-refractivity contribution is -0.137. The van der Waals surface area contributed by atoms with Crippen LogP contribution in [0.3, 0.4) is 0 Å². The molecule has 0 aliphatic heterocycles. The second kappa shape index (κ2) is 7.57. The van der Waals surface area contributed by atoms with Crippen LogP contribution in [0.25, 0.3) is 0 Å². The van der Waals surface area contributed by atoms with E-state index in [1.54, 1.807) is 0 Å². The van der Waals surface area contributed by atoms with Gasteiger partial charge in [0, 0.05) is 13.0 Å². The quantitative estimate of drug-likeness (QED) is 0.856. The molecule has 1 heterocycles. The molecule has 134 valence electrons. The number of hydrogen-bond acceptors (Lipinski definition) is 5. The van der Waals surface area contributed by atoms with E-state index in [1.807, 2.05) is 32.0 Å². The Balaban J connectivity index is 2.17. The number of nitrogens with zero attached hydrogens (tertiary/aromatic N) is 3. The smallest absolute Gasteiger partial charge is 0.416 e. The Morgan fingerprint density at radius 1 is 1.28 bits per heavy atom. The van der Waals surface area contributed by atoms with Crippen molar-refractivity contribution in [1.82, 2.24) is 9.88 Å². The molecule has 0 fully saturated rings. The first-order valence-corrected chi connectivity index (χ1v) is 7.73. The Morgan fingerprint density at radius 3 is 2.40 bits per heavy atom. The first-order valence-electron chi connectivity index (χ1n) is 7.73. The fraction of sp³-hybridized carbons (Fsp3) is 0.412. The van der Waals surface area contributed by atoms with Crippen LogP contribution in [0.4, 0.5) is 19.1 Å². The molecule has 5 nitrogen and oxygen atoms in total. The summed E-state index contributed by atoms with van der Waals surface area (Å²) in [6, 6.07) is 6.80. The van der Waals surface area contributed by atoms with Gasteiger partial charge < -0.3 is 14.6 Å². The van der Waals surface area contributed by atoms with Gasteiger partial charge >= 0.3 is 6.18 Å². The summed E-state index contributed by atoms with van der Waals surface area (Å²) in [5, 5.41) is 12.1. The molecule has 0 bridgehead atoms. The van der Waals surface area contributed by atoms with Gasteiger partial charge in [-0.2, -0.15) is 18.4 Å². The number of rotatable bonds is 6. The van der Waals surface area contributed by atoms with Gasteiger partial charge in [-0.05, 0) is 31.8 Å². The number of halogens is 3. The predicted molar refractivity (Wildman–Crippen MR) is 87.0 cm³/mol. The first-order chi connectivity index (χ1) is 11.8. The molecule has 0 unspecified atom stereocenters. The van der Waals surface area contributed by atoms with Gasteiger partial charge in [0.05, 0.1) is 11.6 Å². The molecular formula is C17H19F3N4O. The molecule has 0 saturated heterocycles. The van der Waals surface area contributed by atoms with E-state index in [1.165, 1.54) is 12.1 Å². The van der Waals surface area contributed by atoms with Crippen molar-refractivity contribution in [2.45, 2.75) is 25.6 Å². The molecule has 0 radical (unpaired) electrons. The Hall–Kier alpha value is -2.53. The van der Waals surface area contributed by atoms with E-state index >= 15 is 0 Å². The van der Waals surface area contributed by atoms with Crippen LogP contribution < -0.4 is 5.32 Å². The van der Waals surface area contributed by atoms with Crippen LogP contribution >= 0.6 is 0 Å².